The summed E-state index contributed by atoms with van der Waals surface area (Å²) in [5.74, 6) is 0.528. The van der Waals surface area contributed by atoms with Crippen LogP contribution in [-0.4, -0.2) is 49.2 Å². The van der Waals surface area contributed by atoms with E-state index in [-0.39, 0.29) is 5.97 Å². The Morgan fingerprint density at radius 1 is 1.53 bits per heavy atom. The van der Waals surface area contributed by atoms with Crippen LogP contribution in [0.4, 0.5) is 0 Å². The minimum Gasteiger partial charge on any atom is -0.468 e. The molecule has 0 saturated carbocycles. The fourth-order valence-corrected chi connectivity index (χ4v) is 3.13. The summed E-state index contributed by atoms with van der Waals surface area (Å²) in [5.41, 5.74) is -0.562. The van der Waals surface area contributed by atoms with Gasteiger partial charge < -0.3 is 15.0 Å². The van der Waals surface area contributed by atoms with E-state index in [0.29, 0.717) is 12.0 Å². The first-order valence-corrected chi connectivity index (χ1v) is 7.52. The molecule has 1 heterocycles. The van der Waals surface area contributed by atoms with E-state index in [1.165, 1.54) is 20.0 Å². The second-order valence-electron chi connectivity index (χ2n) is 6.09. The normalized spacial score (nSPS) is 23.6. The Hall–Kier alpha value is -0.610. The maximum atomic E-state index is 11.9. The molecule has 2 unspecified atom stereocenters. The van der Waals surface area contributed by atoms with Crippen molar-refractivity contribution in [1.29, 1.82) is 0 Å². The van der Waals surface area contributed by atoms with Gasteiger partial charge in [0.2, 0.25) is 0 Å². The van der Waals surface area contributed by atoms with E-state index in [9.17, 15) is 4.79 Å². The summed E-state index contributed by atoms with van der Waals surface area (Å²) >= 11 is 0. The molecule has 1 aliphatic rings. The molecule has 1 saturated heterocycles. The summed E-state index contributed by atoms with van der Waals surface area (Å²) in [6, 6.07) is 0.670. The molecule has 2 atom stereocenters. The van der Waals surface area contributed by atoms with Crippen LogP contribution in [0, 0.1) is 5.92 Å². The zero-order valence-electron chi connectivity index (χ0n) is 13.2. The summed E-state index contributed by atoms with van der Waals surface area (Å²) in [7, 11) is 1.46. The minimum atomic E-state index is -0.562. The predicted octanol–water partition coefficient (Wildman–Crippen LogP) is 2.04. The number of likely N-dealkylation sites (N-methyl/N-ethyl adjacent to an activating group) is 1. The van der Waals surface area contributed by atoms with Crippen molar-refractivity contribution in [3.63, 3.8) is 0 Å². The Morgan fingerprint density at radius 2 is 2.21 bits per heavy atom. The molecule has 0 amide bonds. The number of carbonyl (C=O) groups excluding carboxylic acids is 1. The monoisotopic (exact) mass is 270 g/mol. The lowest BCUT2D eigenvalue weighted by Gasteiger charge is -2.33. The van der Waals surface area contributed by atoms with Crippen LogP contribution in [0.2, 0.25) is 0 Å². The van der Waals surface area contributed by atoms with Crippen molar-refractivity contribution in [1.82, 2.24) is 10.2 Å². The first-order valence-electron chi connectivity index (χ1n) is 7.52. The SMILES string of the molecule is CCNC(C)(CCN1CCCC1C(C)C)C(=O)OC. The third kappa shape index (κ3) is 4.18. The lowest BCUT2D eigenvalue weighted by Crippen LogP contribution is -2.52. The second-order valence-corrected chi connectivity index (χ2v) is 6.09. The van der Waals surface area contributed by atoms with Crippen molar-refractivity contribution in [2.24, 2.45) is 5.92 Å². The van der Waals surface area contributed by atoms with Crippen molar-refractivity contribution in [3.05, 3.63) is 0 Å². The number of esters is 1. The summed E-state index contributed by atoms with van der Waals surface area (Å²) in [4.78, 5) is 14.5. The molecule has 0 aliphatic carbocycles. The van der Waals surface area contributed by atoms with E-state index in [0.717, 1.165) is 26.1 Å². The highest BCUT2D eigenvalue weighted by Crippen LogP contribution is 2.25. The van der Waals surface area contributed by atoms with Gasteiger partial charge in [-0.05, 0) is 45.2 Å². The molecule has 0 spiro atoms. The van der Waals surface area contributed by atoms with Crippen LogP contribution in [0.15, 0.2) is 0 Å². The van der Waals surface area contributed by atoms with Gasteiger partial charge in [0.05, 0.1) is 7.11 Å². The molecule has 0 aromatic carbocycles. The van der Waals surface area contributed by atoms with Gasteiger partial charge in [0.25, 0.3) is 0 Å². The third-order valence-electron chi connectivity index (χ3n) is 4.29. The summed E-state index contributed by atoms with van der Waals surface area (Å²) in [6.07, 6.45) is 3.36. The first kappa shape index (κ1) is 16.4. The van der Waals surface area contributed by atoms with Gasteiger partial charge in [-0.1, -0.05) is 20.8 Å². The standard InChI is InChI=1S/C15H30N2O2/c1-6-16-15(4,14(18)19-5)9-11-17-10-7-8-13(17)12(2)3/h12-13,16H,6-11H2,1-5H3. The van der Waals surface area contributed by atoms with Crippen molar-refractivity contribution in [3.8, 4) is 0 Å². The van der Waals surface area contributed by atoms with Gasteiger partial charge in [0.15, 0.2) is 0 Å². The molecule has 1 fully saturated rings. The molecule has 19 heavy (non-hydrogen) atoms. The van der Waals surface area contributed by atoms with E-state index >= 15 is 0 Å². The molecule has 0 aromatic rings. The first-order chi connectivity index (χ1) is 8.94. The van der Waals surface area contributed by atoms with Gasteiger partial charge in [0, 0.05) is 12.6 Å². The number of nitrogens with one attached hydrogen (secondary N) is 1. The lowest BCUT2D eigenvalue weighted by molar-refractivity contribution is -0.148. The van der Waals surface area contributed by atoms with Crippen molar-refractivity contribution < 1.29 is 9.53 Å². The molecule has 4 heteroatoms. The topological polar surface area (TPSA) is 41.6 Å². The number of ether oxygens (including phenoxy) is 1. The summed E-state index contributed by atoms with van der Waals surface area (Å²) in [5, 5.41) is 3.28. The zero-order chi connectivity index (χ0) is 14.5. The maximum Gasteiger partial charge on any atom is 0.325 e. The second kappa shape index (κ2) is 7.25. The molecule has 1 rings (SSSR count). The number of carbonyl (C=O) groups is 1. The van der Waals surface area contributed by atoms with Gasteiger partial charge in [-0.15, -0.1) is 0 Å². The number of likely N-dealkylation sites (tertiary alicyclic amines) is 1. The predicted molar refractivity (Wildman–Crippen MR) is 78.1 cm³/mol. The molecule has 0 radical (unpaired) electrons. The van der Waals surface area contributed by atoms with Crippen LogP contribution in [0.5, 0.6) is 0 Å². The van der Waals surface area contributed by atoms with Gasteiger partial charge >= 0.3 is 5.97 Å². The molecule has 112 valence electrons. The molecule has 0 aromatic heterocycles. The number of nitrogens with zero attached hydrogens (tertiary/aromatic N) is 1. The Balaban J connectivity index is 2.58. The number of rotatable bonds is 7. The van der Waals surface area contributed by atoms with Crippen molar-refractivity contribution >= 4 is 5.97 Å². The molecule has 4 nitrogen and oxygen atoms in total. The van der Waals surface area contributed by atoms with Gasteiger partial charge in [-0.25, -0.2) is 0 Å². The van der Waals surface area contributed by atoms with E-state index in [4.69, 9.17) is 4.74 Å². The zero-order valence-corrected chi connectivity index (χ0v) is 13.2. The Morgan fingerprint density at radius 3 is 2.74 bits per heavy atom. The average Bonchev–Trinajstić information content (AvgIpc) is 2.84. The Labute approximate surface area is 117 Å². The Bertz CT molecular complexity index is 294. The molecule has 1 N–H and O–H groups in total. The third-order valence-corrected chi connectivity index (χ3v) is 4.29. The lowest BCUT2D eigenvalue weighted by atomic mass is 9.96. The van der Waals surface area contributed by atoms with Gasteiger partial charge in [0.1, 0.15) is 5.54 Å². The molecular weight excluding hydrogens is 240 g/mol. The highest BCUT2D eigenvalue weighted by molar-refractivity contribution is 5.80. The quantitative estimate of drug-likeness (QED) is 0.719. The van der Waals surface area contributed by atoms with Crippen LogP contribution in [0.1, 0.15) is 47.0 Å². The molecular formula is C15H30N2O2. The van der Waals surface area contributed by atoms with Gasteiger partial charge in [-0.3, -0.25) is 4.79 Å². The van der Waals surface area contributed by atoms with Crippen LogP contribution in [0.25, 0.3) is 0 Å². The van der Waals surface area contributed by atoms with Gasteiger partial charge in [-0.2, -0.15) is 0 Å². The maximum absolute atomic E-state index is 11.9. The number of methoxy groups -OCH3 is 1. The summed E-state index contributed by atoms with van der Waals surface area (Å²) < 4.78 is 4.94. The molecule has 0 bridgehead atoms. The number of hydrogen-bond donors (Lipinski definition) is 1. The van der Waals surface area contributed by atoms with E-state index in [1.807, 2.05) is 13.8 Å². The van der Waals surface area contributed by atoms with Crippen molar-refractivity contribution in [2.75, 3.05) is 26.7 Å². The van der Waals surface area contributed by atoms with Crippen molar-refractivity contribution in [2.45, 2.75) is 58.5 Å². The highest BCUT2D eigenvalue weighted by atomic mass is 16.5. The highest BCUT2D eigenvalue weighted by Gasteiger charge is 2.35. The van der Waals surface area contributed by atoms with Crippen LogP contribution >= 0.6 is 0 Å². The van der Waals surface area contributed by atoms with Crippen LogP contribution in [-0.2, 0) is 9.53 Å². The minimum absolute atomic E-state index is 0.158. The largest absolute Gasteiger partial charge is 0.468 e. The smallest absolute Gasteiger partial charge is 0.325 e. The fraction of sp³-hybridized carbons (Fsp3) is 0.933. The van der Waals surface area contributed by atoms with E-state index in [2.05, 4.69) is 24.1 Å². The van der Waals surface area contributed by atoms with E-state index < -0.39 is 5.54 Å². The van der Waals surface area contributed by atoms with E-state index in [1.54, 1.807) is 0 Å². The molecule has 1 aliphatic heterocycles. The summed E-state index contributed by atoms with van der Waals surface area (Å²) in [6.45, 7) is 11.4. The average molecular weight is 270 g/mol. The van der Waals surface area contributed by atoms with Crippen LogP contribution < -0.4 is 5.32 Å². The number of hydrogen-bond acceptors (Lipinski definition) is 4. The van der Waals surface area contributed by atoms with Crippen LogP contribution in [0.3, 0.4) is 0 Å². The fourth-order valence-electron chi connectivity index (χ4n) is 3.13. The Kier molecular flexibility index (Phi) is 6.27.